The van der Waals surface area contributed by atoms with Gasteiger partial charge in [0.05, 0.1) is 55.8 Å². The molecule has 15 nitrogen and oxygen atoms in total. The summed E-state index contributed by atoms with van der Waals surface area (Å²) in [4.78, 5) is 71.4. The molecule has 320 valence electrons. The van der Waals surface area contributed by atoms with Crippen LogP contribution in [0.4, 0.5) is 9.59 Å². The van der Waals surface area contributed by atoms with E-state index in [1.807, 2.05) is 80.6 Å². The van der Waals surface area contributed by atoms with Gasteiger partial charge in [-0.15, -0.1) is 0 Å². The Hall–Kier alpha value is -6.29. The van der Waals surface area contributed by atoms with E-state index in [9.17, 15) is 23.4 Å². The number of carbonyl (C=O) groups is 4. The zero-order valence-electron chi connectivity index (χ0n) is 34.8. The van der Waals surface area contributed by atoms with Crippen LogP contribution in [0.1, 0.15) is 68.8 Å². The molecule has 16 heteroatoms. The Morgan fingerprint density at radius 2 is 1.18 bits per heavy atom. The lowest BCUT2D eigenvalue weighted by Crippen LogP contribution is -2.51. The molecular weight excluding hydrogens is 797 g/mol. The van der Waals surface area contributed by atoms with Crippen molar-refractivity contribution in [2.24, 2.45) is 5.92 Å². The van der Waals surface area contributed by atoms with Gasteiger partial charge in [0.2, 0.25) is 11.8 Å². The maximum Gasteiger partial charge on any atom is 0.407 e. The van der Waals surface area contributed by atoms with Crippen LogP contribution in [0.5, 0.6) is 0 Å². The van der Waals surface area contributed by atoms with E-state index < -0.39 is 35.1 Å². The molecule has 3 aromatic carbocycles. The highest BCUT2D eigenvalue weighted by atomic mass is 32.2. The monoisotopic (exact) mass is 848 g/mol. The second-order valence-corrected chi connectivity index (χ2v) is 17.2. The van der Waals surface area contributed by atoms with Gasteiger partial charge in [-0.25, -0.2) is 19.6 Å². The molecule has 0 aliphatic carbocycles. The zero-order chi connectivity index (χ0) is 43.0. The van der Waals surface area contributed by atoms with E-state index in [-0.39, 0.29) is 41.3 Å². The van der Waals surface area contributed by atoms with E-state index in [0.717, 1.165) is 58.5 Å². The predicted octanol–water partition coefficient (Wildman–Crippen LogP) is 6.51. The second-order valence-electron chi connectivity index (χ2n) is 15.7. The van der Waals surface area contributed by atoms with Crippen molar-refractivity contribution in [2.45, 2.75) is 69.5 Å². The number of nitrogens with zero attached hydrogens (tertiary/aromatic N) is 4. The van der Waals surface area contributed by atoms with Gasteiger partial charge in [-0.05, 0) is 59.4 Å². The SMILES string of the molecule is COC(=O)N[C@@H](CS(=O)Cc1ccccc1)C(=O)N1CCC[C@H]1c1ncc(-c2ccc(-c3ccc(-c4cnc([C@@H]5CCCN5C(=O)[C@@H](NC(=O)OC)C(C)C)[nH]4)cc3)cc2)[nH]1. The fraction of sp³-hybridized carbons (Fsp3) is 0.378. The highest BCUT2D eigenvalue weighted by molar-refractivity contribution is 7.84. The third-order valence-electron chi connectivity index (χ3n) is 11.3. The topological polar surface area (TPSA) is 192 Å². The molecule has 7 rings (SSSR count). The largest absolute Gasteiger partial charge is 0.453 e. The quantitative estimate of drug-likeness (QED) is 0.0964. The first-order valence-electron chi connectivity index (χ1n) is 20.5. The number of aromatic nitrogens is 4. The Bertz CT molecular complexity index is 2330. The number of methoxy groups -OCH3 is 2. The van der Waals surface area contributed by atoms with Crippen LogP contribution in [-0.2, 0) is 35.6 Å². The van der Waals surface area contributed by atoms with Gasteiger partial charge in [-0.3, -0.25) is 13.8 Å². The maximum atomic E-state index is 13.9. The molecule has 5 atom stereocenters. The second kappa shape index (κ2) is 19.4. The number of H-pyrrole nitrogens is 2. The number of hydrogen-bond donors (Lipinski definition) is 4. The third kappa shape index (κ3) is 10.0. The van der Waals surface area contributed by atoms with E-state index in [1.165, 1.54) is 14.2 Å². The van der Waals surface area contributed by atoms with Crippen LogP contribution >= 0.6 is 0 Å². The molecule has 61 heavy (non-hydrogen) atoms. The molecule has 2 aromatic heterocycles. The highest BCUT2D eigenvalue weighted by Gasteiger charge is 2.39. The Kier molecular flexibility index (Phi) is 13.6. The van der Waals surface area contributed by atoms with Gasteiger partial charge in [-0.1, -0.05) is 92.7 Å². The van der Waals surface area contributed by atoms with Crippen LogP contribution in [0.3, 0.4) is 0 Å². The molecule has 4 heterocycles. The first-order valence-corrected chi connectivity index (χ1v) is 22.0. The minimum atomic E-state index is -1.42. The van der Waals surface area contributed by atoms with Gasteiger partial charge in [0.15, 0.2) is 0 Å². The summed E-state index contributed by atoms with van der Waals surface area (Å²) in [5, 5.41) is 5.31. The summed E-state index contributed by atoms with van der Waals surface area (Å²) in [7, 11) is 1.10. The summed E-state index contributed by atoms with van der Waals surface area (Å²) < 4.78 is 22.7. The molecule has 4 amide bonds. The lowest BCUT2D eigenvalue weighted by Gasteiger charge is -2.30. The third-order valence-corrected chi connectivity index (χ3v) is 12.7. The lowest BCUT2D eigenvalue weighted by atomic mass is 10.0. The number of alkyl carbamates (subject to hydrolysis) is 2. The van der Waals surface area contributed by atoms with E-state index in [4.69, 9.17) is 9.47 Å². The number of imidazole rings is 2. The zero-order valence-corrected chi connectivity index (χ0v) is 35.6. The molecule has 1 unspecified atom stereocenters. The predicted molar refractivity (Wildman–Crippen MR) is 231 cm³/mol. The van der Waals surface area contributed by atoms with Gasteiger partial charge in [-0.2, -0.15) is 0 Å². The van der Waals surface area contributed by atoms with E-state index in [1.54, 1.807) is 22.2 Å². The average molecular weight is 849 g/mol. The Morgan fingerprint density at radius 3 is 1.67 bits per heavy atom. The molecule has 0 saturated carbocycles. The molecule has 2 aliphatic rings. The number of ether oxygens (including phenoxy) is 2. The average Bonchev–Trinajstić information content (AvgIpc) is 4.12. The number of nitrogens with one attached hydrogen (secondary N) is 4. The smallest absolute Gasteiger partial charge is 0.407 e. The number of likely N-dealkylation sites (tertiary alicyclic amines) is 2. The maximum absolute atomic E-state index is 13.9. The van der Waals surface area contributed by atoms with E-state index in [0.29, 0.717) is 31.2 Å². The van der Waals surface area contributed by atoms with Gasteiger partial charge < -0.3 is 39.9 Å². The first-order chi connectivity index (χ1) is 29.5. The van der Waals surface area contributed by atoms with Crippen molar-refractivity contribution in [3.8, 4) is 33.6 Å². The molecule has 0 bridgehead atoms. The number of aromatic amines is 2. The van der Waals surface area contributed by atoms with Crippen molar-refractivity contribution < 1.29 is 32.9 Å². The molecule has 0 spiro atoms. The van der Waals surface area contributed by atoms with Crippen molar-refractivity contribution in [3.05, 3.63) is 108 Å². The van der Waals surface area contributed by atoms with Crippen LogP contribution in [0, 0.1) is 5.92 Å². The summed E-state index contributed by atoms with van der Waals surface area (Å²) in [6.45, 7) is 4.85. The summed E-state index contributed by atoms with van der Waals surface area (Å²) in [6.07, 6.45) is 5.23. The molecule has 4 N–H and O–H groups in total. The van der Waals surface area contributed by atoms with Gasteiger partial charge in [0.25, 0.3) is 0 Å². The van der Waals surface area contributed by atoms with Crippen LogP contribution < -0.4 is 10.6 Å². The lowest BCUT2D eigenvalue weighted by molar-refractivity contribution is -0.135. The number of rotatable bonds is 14. The summed E-state index contributed by atoms with van der Waals surface area (Å²) in [5.74, 6) is 0.984. The van der Waals surface area contributed by atoms with E-state index in [2.05, 4.69) is 42.7 Å². The van der Waals surface area contributed by atoms with Crippen LogP contribution in [-0.4, -0.2) is 103 Å². The van der Waals surface area contributed by atoms with Crippen LogP contribution in [0.25, 0.3) is 33.6 Å². The Balaban J connectivity index is 0.990. The standard InChI is InChI=1S/C45H52N8O7S/c1-28(2)39(51-45(57)60-4)43(55)53-23-9-13-38(53)41-47-25-35(49-41)33-20-16-31(17-21-33)30-14-18-32(19-15-30)34-24-46-40(48-34)37-12-8-22-52(37)42(54)36(50-44(56)59-3)27-61(58)26-29-10-6-5-7-11-29/h5-7,10-11,14-21,24-25,28,36-39H,8-9,12-13,22-23,26-27H2,1-4H3,(H,46,48)(H,47,49)(H,50,56)(H,51,57)/t36-,37-,38-,39-,61?/m0/s1. The van der Waals surface area contributed by atoms with Crippen LogP contribution in [0.2, 0.25) is 0 Å². The summed E-state index contributed by atoms with van der Waals surface area (Å²) >= 11 is 0. The Labute approximate surface area is 357 Å². The minimum Gasteiger partial charge on any atom is -0.453 e. The molecular formula is C45H52N8O7S. The molecule has 0 radical (unpaired) electrons. The molecule has 2 saturated heterocycles. The molecule has 5 aromatic rings. The number of carbonyl (C=O) groups excluding carboxylic acids is 4. The van der Waals surface area contributed by atoms with Crippen molar-refractivity contribution in [2.75, 3.05) is 33.1 Å². The first kappa shape index (κ1) is 42.8. The van der Waals surface area contributed by atoms with Gasteiger partial charge in [0, 0.05) is 29.6 Å². The van der Waals surface area contributed by atoms with Crippen molar-refractivity contribution in [1.82, 2.24) is 40.4 Å². The normalized spacial score (nSPS) is 17.8. The van der Waals surface area contributed by atoms with Crippen molar-refractivity contribution >= 4 is 34.8 Å². The Morgan fingerprint density at radius 1 is 0.705 bits per heavy atom. The number of amides is 4. The van der Waals surface area contributed by atoms with Gasteiger partial charge >= 0.3 is 12.2 Å². The van der Waals surface area contributed by atoms with E-state index >= 15 is 0 Å². The highest BCUT2D eigenvalue weighted by Crippen LogP contribution is 2.35. The summed E-state index contributed by atoms with van der Waals surface area (Å²) in [6, 6.07) is 23.5. The van der Waals surface area contributed by atoms with Crippen molar-refractivity contribution in [3.63, 3.8) is 0 Å². The molecule has 2 aliphatic heterocycles. The fourth-order valence-corrected chi connectivity index (χ4v) is 9.36. The fourth-order valence-electron chi connectivity index (χ4n) is 8.08. The number of benzene rings is 3. The summed E-state index contributed by atoms with van der Waals surface area (Å²) in [5.41, 5.74) is 6.49. The molecule has 2 fully saturated rings. The van der Waals surface area contributed by atoms with Crippen molar-refractivity contribution in [1.29, 1.82) is 0 Å². The van der Waals surface area contributed by atoms with Crippen LogP contribution in [0.15, 0.2) is 91.3 Å². The minimum absolute atomic E-state index is 0.0455. The number of hydrogen-bond acceptors (Lipinski definition) is 9. The van der Waals surface area contributed by atoms with Gasteiger partial charge in [0.1, 0.15) is 23.7 Å².